The number of allylic oxidation sites excluding steroid dienone is 1. The lowest BCUT2D eigenvalue weighted by atomic mass is 9.86. The van der Waals surface area contributed by atoms with Gasteiger partial charge in [0.05, 0.1) is 17.3 Å². The van der Waals surface area contributed by atoms with E-state index in [2.05, 4.69) is 43.0 Å². The molecule has 1 aromatic heterocycles. The zero-order chi connectivity index (χ0) is 26.2. The molecule has 0 bridgehead atoms. The Balaban J connectivity index is 2.59. The molecule has 0 N–H and O–H groups in total. The monoisotopic (exact) mass is 505 g/mol. The number of carbonyl (C=O) groups excluding carboxylic acids is 1. The first-order valence-electron chi connectivity index (χ1n) is 11.5. The summed E-state index contributed by atoms with van der Waals surface area (Å²) < 4.78 is 23.2. The molecule has 8 nitrogen and oxygen atoms in total. The Hall–Kier alpha value is -2.84. The van der Waals surface area contributed by atoms with Gasteiger partial charge >= 0.3 is 6.16 Å². The molecule has 1 heterocycles. The second-order valence-corrected chi connectivity index (χ2v) is 9.29. The molecule has 0 aliphatic carbocycles. The Kier molecular flexibility index (Phi) is 10.3. The smallest absolute Gasteiger partial charge is 0.452 e. The third-order valence-corrected chi connectivity index (χ3v) is 5.64. The standard InChI is InChI=1S/C26H36ClN3O5/c1-9-30-23(22(27)17(2)29-30)24(34-18(3)35-25(31)33-15-14-32-8)21(16-28-7)19-10-12-20(13-11-19)26(4,5)6/h10-13,16,18H,9,14-15H2,1-8H3/b24-21-,28-16?. The summed E-state index contributed by atoms with van der Waals surface area (Å²) in [6.45, 7) is 12.8. The maximum atomic E-state index is 12.1. The fourth-order valence-corrected chi connectivity index (χ4v) is 3.58. The second-order valence-electron chi connectivity index (χ2n) is 8.92. The Labute approximate surface area is 212 Å². The SMILES string of the molecule is CCn1nc(C)c(Cl)c1/C(OC(C)OC(=O)OCCOC)=C(\C=NC)c1ccc(C(C)(C)C)cc1. The molecule has 0 saturated carbocycles. The second kappa shape index (κ2) is 12.7. The van der Waals surface area contributed by atoms with E-state index in [0.717, 1.165) is 5.56 Å². The molecule has 192 valence electrons. The highest BCUT2D eigenvalue weighted by molar-refractivity contribution is 6.33. The average Bonchev–Trinajstić information content (AvgIpc) is 3.09. The summed E-state index contributed by atoms with van der Waals surface area (Å²) in [5.74, 6) is 0.392. The highest BCUT2D eigenvalue weighted by atomic mass is 35.5. The van der Waals surface area contributed by atoms with Crippen LogP contribution < -0.4 is 0 Å². The van der Waals surface area contributed by atoms with E-state index in [1.807, 2.05) is 26.0 Å². The molecular formula is C26H36ClN3O5. The zero-order valence-corrected chi connectivity index (χ0v) is 22.6. The van der Waals surface area contributed by atoms with Gasteiger partial charge in [0.2, 0.25) is 6.29 Å². The van der Waals surface area contributed by atoms with Crippen molar-refractivity contribution in [3.05, 3.63) is 51.8 Å². The Morgan fingerprint density at radius 3 is 2.40 bits per heavy atom. The van der Waals surface area contributed by atoms with E-state index in [1.165, 1.54) is 12.7 Å². The third-order valence-electron chi connectivity index (χ3n) is 5.19. The van der Waals surface area contributed by atoms with Crippen LogP contribution in [-0.2, 0) is 30.9 Å². The minimum Gasteiger partial charge on any atom is -0.452 e. The van der Waals surface area contributed by atoms with Crippen molar-refractivity contribution in [3.63, 3.8) is 0 Å². The van der Waals surface area contributed by atoms with Gasteiger partial charge in [0.1, 0.15) is 12.3 Å². The first-order valence-corrected chi connectivity index (χ1v) is 11.9. The number of aromatic nitrogens is 2. The van der Waals surface area contributed by atoms with E-state index in [-0.39, 0.29) is 18.6 Å². The van der Waals surface area contributed by atoms with Crippen LogP contribution in [0.2, 0.25) is 5.02 Å². The number of halogens is 1. The summed E-state index contributed by atoms with van der Waals surface area (Å²) in [7, 11) is 3.20. The fraction of sp³-hybridized carbons (Fsp3) is 0.500. The summed E-state index contributed by atoms with van der Waals surface area (Å²) in [6, 6.07) is 8.18. The number of carbonyl (C=O) groups is 1. The van der Waals surface area contributed by atoms with Gasteiger partial charge < -0.3 is 18.9 Å². The molecule has 0 spiro atoms. The minimum absolute atomic E-state index is 0.00731. The summed E-state index contributed by atoms with van der Waals surface area (Å²) in [5, 5.41) is 4.98. The summed E-state index contributed by atoms with van der Waals surface area (Å²) >= 11 is 6.69. The van der Waals surface area contributed by atoms with Gasteiger partial charge in [0, 0.05) is 39.4 Å². The van der Waals surface area contributed by atoms with Gasteiger partial charge in [-0.15, -0.1) is 0 Å². The van der Waals surface area contributed by atoms with Crippen LogP contribution in [0, 0.1) is 6.92 Å². The molecule has 0 saturated heterocycles. The quantitative estimate of drug-likeness (QED) is 0.131. The van der Waals surface area contributed by atoms with Crippen molar-refractivity contribution in [2.45, 2.75) is 59.8 Å². The number of aliphatic imine (C=N–C) groups is 1. The van der Waals surface area contributed by atoms with Crippen LogP contribution in [0.3, 0.4) is 0 Å². The van der Waals surface area contributed by atoms with E-state index in [4.69, 9.17) is 30.5 Å². The van der Waals surface area contributed by atoms with Crippen LogP contribution in [0.25, 0.3) is 11.3 Å². The maximum absolute atomic E-state index is 12.1. The van der Waals surface area contributed by atoms with E-state index in [0.29, 0.717) is 34.3 Å². The molecular weight excluding hydrogens is 470 g/mol. The number of aryl methyl sites for hydroxylation is 2. The predicted molar refractivity (Wildman–Crippen MR) is 139 cm³/mol. The summed E-state index contributed by atoms with van der Waals surface area (Å²) in [5.41, 5.74) is 3.98. The van der Waals surface area contributed by atoms with Crippen molar-refractivity contribution >= 4 is 35.3 Å². The molecule has 2 aromatic rings. The number of hydrogen-bond donors (Lipinski definition) is 0. The summed E-state index contributed by atoms with van der Waals surface area (Å²) in [6.07, 6.45) is -0.143. The van der Waals surface area contributed by atoms with Crippen LogP contribution in [0.1, 0.15) is 57.1 Å². The highest BCUT2D eigenvalue weighted by Gasteiger charge is 2.25. The van der Waals surface area contributed by atoms with Gasteiger partial charge in [-0.25, -0.2) is 4.79 Å². The molecule has 35 heavy (non-hydrogen) atoms. The van der Waals surface area contributed by atoms with Crippen LogP contribution in [0.15, 0.2) is 29.3 Å². The Morgan fingerprint density at radius 2 is 1.86 bits per heavy atom. The number of benzene rings is 1. The lowest BCUT2D eigenvalue weighted by Gasteiger charge is -2.22. The average molecular weight is 506 g/mol. The first kappa shape index (κ1) is 28.4. The van der Waals surface area contributed by atoms with Gasteiger partial charge in [-0.3, -0.25) is 9.67 Å². The molecule has 0 radical (unpaired) electrons. The topological polar surface area (TPSA) is 84.2 Å². The maximum Gasteiger partial charge on any atom is 0.511 e. The number of hydrogen-bond acceptors (Lipinski definition) is 7. The van der Waals surface area contributed by atoms with Crippen LogP contribution in [0.4, 0.5) is 4.79 Å². The third kappa shape index (κ3) is 7.57. The predicted octanol–water partition coefficient (Wildman–Crippen LogP) is 5.89. The summed E-state index contributed by atoms with van der Waals surface area (Å²) in [4.78, 5) is 16.3. The van der Waals surface area contributed by atoms with Crippen molar-refractivity contribution in [3.8, 4) is 0 Å². The van der Waals surface area contributed by atoms with Crippen LogP contribution in [0.5, 0.6) is 0 Å². The van der Waals surface area contributed by atoms with Gasteiger partial charge in [-0.1, -0.05) is 56.6 Å². The van der Waals surface area contributed by atoms with Crippen molar-refractivity contribution in [2.75, 3.05) is 27.4 Å². The van der Waals surface area contributed by atoms with Crippen molar-refractivity contribution in [1.29, 1.82) is 0 Å². The molecule has 0 fully saturated rings. The normalized spacial score (nSPS) is 13.5. The number of methoxy groups -OCH3 is 1. The van der Waals surface area contributed by atoms with Gasteiger partial charge in [0.15, 0.2) is 5.76 Å². The molecule has 9 heteroatoms. The first-order chi connectivity index (χ1) is 16.5. The Morgan fingerprint density at radius 1 is 1.20 bits per heavy atom. The van der Waals surface area contributed by atoms with Crippen molar-refractivity contribution < 1.29 is 23.7 Å². The van der Waals surface area contributed by atoms with E-state index >= 15 is 0 Å². The molecule has 1 unspecified atom stereocenters. The zero-order valence-electron chi connectivity index (χ0n) is 21.8. The van der Waals surface area contributed by atoms with Gasteiger partial charge in [0.25, 0.3) is 0 Å². The number of nitrogens with zero attached hydrogens (tertiary/aromatic N) is 3. The van der Waals surface area contributed by atoms with Crippen LogP contribution >= 0.6 is 11.6 Å². The lowest BCUT2D eigenvalue weighted by molar-refractivity contribution is -0.0700. The molecule has 0 aliphatic heterocycles. The van der Waals surface area contributed by atoms with E-state index < -0.39 is 12.4 Å². The van der Waals surface area contributed by atoms with E-state index in [9.17, 15) is 4.79 Å². The lowest BCUT2D eigenvalue weighted by Crippen LogP contribution is -2.21. The molecule has 2 rings (SSSR count). The van der Waals surface area contributed by atoms with Crippen molar-refractivity contribution in [2.24, 2.45) is 4.99 Å². The van der Waals surface area contributed by atoms with Crippen LogP contribution in [-0.4, -0.2) is 55.8 Å². The van der Waals surface area contributed by atoms with Gasteiger partial charge in [-0.05, 0) is 30.4 Å². The Bertz CT molecular complexity index is 1050. The largest absolute Gasteiger partial charge is 0.511 e. The molecule has 0 aliphatic rings. The number of ether oxygens (including phenoxy) is 4. The minimum atomic E-state index is -0.981. The molecule has 0 amide bonds. The van der Waals surface area contributed by atoms with Crippen molar-refractivity contribution in [1.82, 2.24) is 9.78 Å². The highest BCUT2D eigenvalue weighted by Crippen LogP contribution is 2.35. The van der Waals surface area contributed by atoms with Gasteiger partial charge in [-0.2, -0.15) is 5.10 Å². The molecule has 1 atom stereocenters. The fourth-order valence-electron chi connectivity index (χ4n) is 3.36. The number of rotatable bonds is 10. The molecule has 1 aromatic carbocycles. The van der Waals surface area contributed by atoms with E-state index in [1.54, 1.807) is 24.9 Å².